The van der Waals surface area contributed by atoms with Gasteiger partial charge in [-0.3, -0.25) is 9.36 Å². The van der Waals surface area contributed by atoms with Crippen LogP contribution in [0.5, 0.6) is 5.75 Å². The molecule has 2 aromatic carbocycles. The molecule has 0 amide bonds. The van der Waals surface area contributed by atoms with Crippen LogP contribution in [0.2, 0.25) is 0 Å². The molecular formula is C32H31N3O5S. The Bertz CT molecular complexity index is 1780. The Kier molecular flexibility index (Phi) is 7.61. The Balaban J connectivity index is 1.55. The Morgan fingerprint density at radius 2 is 1.88 bits per heavy atom. The van der Waals surface area contributed by atoms with Crippen molar-refractivity contribution >= 4 is 35.0 Å². The van der Waals surface area contributed by atoms with E-state index in [1.54, 1.807) is 24.7 Å². The minimum Gasteiger partial charge on any atom is -0.497 e. The SMILES string of the molecule is CCOC(=O)C1=C(c2ccccc2)N=c2s/c(=C\c3ccc(N4CCCCC4)o3)c(=O)n2[C@@H]1c1cccc(OC)c1. The van der Waals surface area contributed by atoms with Gasteiger partial charge in [0.05, 0.1) is 35.6 Å². The van der Waals surface area contributed by atoms with Gasteiger partial charge in [-0.15, -0.1) is 0 Å². The van der Waals surface area contributed by atoms with Crippen LogP contribution >= 0.6 is 11.3 Å². The summed E-state index contributed by atoms with van der Waals surface area (Å²) in [5.74, 6) is 1.51. The molecule has 0 radical (unpaired) electrons. The average Bonchev–Trinajstić information content (AvgIpc) is 3.61. The van der Waals surface area contributed by atoms with E-state index in [0.717, 1.165) is 37.4 Å². The van der Waals surface area contributed by atoms with E-state index in [2.05, 4.69) is 4.90 Å². The number of aromatic nitrogens is 1. The van der Waals surface area contributed by atoms with Crippen molar-refractivity contribution in [2.45, 2.75) is 32.2 Å². The van der Waals surface area contributed by atoms with Crippen LogP contribution in [0.3, 0.4) is 0 Å². The first-order valence-corrected chi connectivity index (χ1v) is 14.7. The summed E-state index contributed by atoms with van der Waals surface area (Å²) in [6.07, 6.45) is 5.28. The predicted octanol–water partition coefficient (Wildman–Crippen LogP) is 4.53. The fraction of sp³-hybridized carbons (Fsp3) is 0.281. The van der Waals surface area contributed by atoms with E-state index < -0.39 is 12.0 Å². The summed E-state index contributed by atoms with van der Waals surface area (Å²) < 4.78 is 19.2. The fourth-order valence-electron chi connectivity index (χ4n) is 5.40. The van der Waals surface area contributed by atoms with Gasteiger partial charge in [0.15, 0.2) is 10.7 Å². The third-order valence-corrected chi connectivity index (χ3v) is 8.32. The molecular weight excluding hydrogens is 538 g/mol. The van der Waals surface area contributed by atoms with Crippen LogP contribution in [0.25, 0.3) is 11.8 Å². The Morgan fingerprint density at radius 1 is 1.07 bits per heavy atom. The number of rotatable bonds is 7. The number of anilines is 1. The van der Waals surface area contributed by atoms with Crippen molar-refractivity contribution in [1.29, 1.82) is 0 Å². The van der Waals surface area contributed by atoms with Crippen LogP contribution in [0.4, 0.5) is 5.88 Å². The van der Waals surface area contributed by atoms with Crippen LogP contribution < -0.4 is 24.5 Å². The van der Waals surface area contributed by atoms with Gasteiger partial charge < -0.3 is 18.8 Å². The third-order valence-electron chi connectivity index (χ3n) is 7.34. The summed E-state index contributed by atoms with van der Waals surface area (Å²) >= 11 is 1.27. The molecule has 41 heavy (non-hydrogen) atoms. The lowest BCUT2D eigenvalue weighted by Crippen LogP contribution is -2.40. The van der Waals surface area contributed by atoms with Gasteiger partial charge in [0, 0.05) is 30.8 Å². The maximum Gasteiger partial charge on any atom is 0.338 e. The number of methoxy groups -OCH3 is 1. The predicted molar refractivity (Wildman–Crippen MR) is 159 cm³/mol. The standard InChI is InChI=1S/C32H31N3O5S/c1-3-39-31(37)27-28(21-11-6-4-7-12-21)33-32-35(29(27)22-13-10-14-23(19-22)38-2)30(36)25(41-32)20-24-15-16-26(40-24)34-17-8-5-9-18-34/h4,6-7,10-16,19-20,29H,3,5,8-9,17-18H2,1-2H3/b25-20-/t29-/m1/s1. The highest BCUT2D eigenvalue weighted by atomic mass is 32.1. The van der Waals surface area contributed by atoms with E-state index in [0.29, 0.717) is 37.7 Å². The first-order valence-electron chi connectivity index (χ1n) is 13.8. The molecule has 0 aliphatic carbocycles. The molecule has 2 aliphatic rings. The summed E-state index contributed by atoms with van der Waals surface area (Å²) in [6, 6.07) is 20.0. The third kappa shape index (κ3) is 5.25. The number of thiazole rings is 1. The molecule has 6 rings (SSSR count). The molecule has 0 saturated carbocycles. The second-order valence-electron chi connectivity index (χ2n) is 9.93. The zero-order valence-electron chi connectivity index (χ0n) is 23.0. The van der Waals surface area contributed by atoms with Crippen molar-refractivity contribution in [2.75, 3.05) is 31.7 Å². The van der Waals surface area contributed by atoms with Crippen molar-refractivity contribution in [3.63, 3.8) is 0 Å². The van der Waals surface area contributed by atoms with Crippen molar-refractivity contribution in [3.8, 4) is 5.75 Å². The van der Waals surface area contributed by atoms with Crippen molar-refractivity contribution in [3.05, 3.63) is 109 Å². The van der Waals surface area contributed by atoms with Gasteiger partial charge in [-0.2, -0.15) is 0 Å². The molecule has 0 unspecified atom stereocenters. The molecule has 4 heterocycles. The number of benzene rings is 2. The number of nitrogens with zero attached hydrogens (tertiary/aromatic N) is 3. The molecule has 2 aromatic heterocycles. The van der Waals surface area contributed by atoms with E-state index in [1.165, 1.54) is 17.8 Å². The van der Waals surface area contributed by atoms with E-state index in [9.17, 15) is 9.59 Å². The molecule has 210 valence electrons. The van der Waals surface area contributed by atoms with Gasteiger partial charge in [-0.25, -0.2) is 9.79 Å². The summed E-state index contributed by atoms with van der Waals surface area (Å²) in [5, 5.41) is 0. The zero-order chi connectivity index (χ0) is 28.3. The minimum absolute atomic E-state index is 0.192. The molecule has 4 aromatic rings. The molecule has 9 heteroatoms. The topological polar surface area (TPSA) is 86.3 Å². The van der Waals surface area contributed by atoms with Gasteiger partial charge in [-0.05, 0) is 49.9 Å². The lowest BCUT2D eigenvalue weighted by atomic mass is 9.93. The highest BCUT2D eigenvalue weighted by Crippen LogP contribution is 2.36. The number of hydrogen-bond donors (Lipinski definition) is 0. The Morgan fingerprint density at radius 3 is 2.63 bits per heavy atom. The van der Waals surface area contributed by atoms with Gasteiger partial charge >= 0.3 is 5.97 Å². The number of furan rings is 1. The Labute approximate surface area is 241 Å². The van der Waals surface area contributed by atoms with Crippen LogP contribution in [-0.4, -0.2) is 37.3 Å². The van der Waals surface area contributed by atoms with Crippen LogP contribution in [-0.2, 0) is 9.53 Å². The molecule has 1 fully saturated rings. The summed E-state index contributed by atoms with van der Waals surface area (Å²) in [4.78, 5) is 35.3. The summed E-state index contributed by atoms with van der Waals surface area (Å²) in [6.45, 7) is 3.89. The number of esters is 1. The lowest BCUT2D eigenvalue weighted by molar-refractivity contribution is -0.138. The van der Waals surface area contributed by atoms with Gasteiger partial charge in [0.1, 0.15) is 11.5 Å². The monoisotopic (exact) mass is 569 g/mol. The maximum absolute atomic E-state index is 14.1. The second-order valence-corrected chi connectivity index (χ2v) is 10.9. The first-order chi connectivity index (χ1) is 20.1. The molecule has 0 bridgehead atoms. The summed E-state index contributed by atoms with van der Waals surface area (Å²) in [5.41, 5.74) is 2.00. The number of carbonyl (C=O) groups is 1. The van der Waals surface area contributed by atoms with E-state index in [1.807, 2.05) is 66.7 Å². The smallest absolute Gasteiger partial charge is 0.338 e. The number of fused-ring (bicyclic) bond motifs is 1. The van der Waals surface area contributed by atoms with Crippen molar-refractivity contribution < 1.29 is 18.7 Å². The van der Waals surface area contributed by atoms with Gasteiger partial charge in [0.2, 0.25) is 0 Å². The van der Waals surface area contributed by atoms with Crippen LogP contribution in [0.1, 0.15) is 49.1 Å². The molecule has 1 atom stereocenters. The summed E-state index contributed by atoms with van der Waals surface area (Å²) in [7, 11) is 1.59. The van der Waals surface area contributed by atoms with E-state index in [4.69, 9.17) is 18.9 Å². The number of hydrogen-bond acceptors (Lipinski definition) is 8. The highest BCUT2D eigenvalue weighted by Gasteiger charge is 2.35. The van der Waals surface area contributed by atoms with Crippen LogP contribution in [0, 0.1) is 0 Å². The van der Waals surface area contributed by atoms with Crippen molar-refractivity contribution in [1.82, 2.24) is 4.57 Å². The Hall–Kier alpha value is -4.37. The second kappa shape index (κ2) is 11.6. The number of carbonyl (C=O) groups excluding carboxylic acids is 1. The normalized spacial score (nSPS) is 17.3. The molecule has 0 spiro atoms. The number of piperidine rings is 1. The first kappa shape index (κ1) is 26.8. The van der Waals surface area contributed by atoms with Crippen molar-refractivity contribution in [2.24, 2.45) is 4.99 Å². The fourth-order valence-corrected chi connectivity index (χ4v) is 6.38. The quantitative estimate of drug-likeness (QED) is 0.304. The van der Waals surface area contributed by atoms with E-state index >= 15 is 0 Å². The molecule has 1 saturated heterocycles. The van der Waals surface area contributed by atoms with Gasteiger partial charge in [-0.1, -0.05) is 53.8 Å². The van der Waals surface area contributed by atoms with E-state index in [-0.39, 0.29) is 12.2 Å². The zero-order valence-corrected chi connectivity index (χ0v) is 23.9. The van der Waals surface area contributed by atoms with Gasteiger partial charge in [0.25, 0.3) is 5.56 Å². The average molecular weight is 570 g/mol. The lowest BCUT2D eigenvalue weighted by Gasteiger charge is -2.26. The van der Waals surface area contributed by atoms with Crippen LogP contribution in [0.15, 0.2) is 86.5 Å². The largest absolute Gasteiger partial charge is 0.497 e. The maximum atomic E-state index is 14.1. The minimum atomic E-state index is -0.765. The molecule has 0 N–H and O–H groups in total. The number of ether oxygens (including phenoxy) is 2. The molecule has 8 nitrogen and oxygen atoms in total. The highest BCUT2D eigenvalue weighted by molar-refractivity contribution is 7.07. The molecule has 2 aliphatic heterocycles.